The summed E-state index contributed by atoms with van der Waals surface area (Å²) in [7, 11) is 0. The summed E-state index contributed by atoms with van der Waals surface area (Å²) in [5.74, 6) is 0.140. The lowest BCUT2D eigenvalue weighted by molar-refractivity contribution is -0.129. The molecule has 0 bridgehead atoms. The third-order valence-electron chi connectivity index (χ3n) is 5.47. The SMILES string of the molecule is CC(C)(C)OC(=O)N1C(=O)C[C@H](O)[C@@H]1CO[C@H]1CC[C@@H](c2ccccc2)CC1. The topological polar surface area (TPSA) is 76.1 Å². The van der Waals surface area contributed by atoms with Gasteiger partial charge in [0.05, 0.1) is 31.3 Å². The summed E-state index contributed by atoms with van der Waals surface area (Å²) in [6.45, 7) is 5.39. The molecule has 0 aromatic heterocycles. The molecule has 1 saturated carbocycles. The summed E-state index contributed by atoms with van der Waals surface area (Å²) in [5.41, 5.74) is 0.667. The van der Waals surface area contributed by atoms with Gasteiger partial charge in [-0.25, -0.2) is 9.69 Å². The van der Waals surface area contributed by atoms with Gasteiger partial charge in [0.1, 0.15) is 5.60 Å². The normalized spacial score (nSPS) is 28.4. The van der Waals surface area contributed by atoms with E-state index in [9.17, 15) is 14.7 Å². The third kappa shape index (κ3) is 5.11. The van der Waals surface area contributed by atoms with Crippen LogP contribution in [0.25, 0.3) is 0 Å². The summed E-state index contributed by atoms with van der Waals surface area (Å²) in [6.07, 6.45) is 2.35. The molecule has 2 fully saturated rings. The smallest absolute Gasteiger partial charge is 0.417 e. The highest BCUT2D eigenvalue weighted by molar-refractivity contribution is 5.94. The Morgan fingerprint density at radius 1 is 1.14 bits per heavy atom. The van der Waals surface area contributed by atoms with Crippen molar-refractivity contribution in [2.24, 2.45) is 0 Å². The molecule has 1 aliphatic carbocycles. The summed E-state index contributed by atoms with van der Waals surface area (Å²) < 4.78 is 11.3. The molecular formula is C22H31NO5. The maximum Gasteiger partial charge on any atom is 0.417 e. The minimum absolute atomic E-state index is 0.0754. The highest BCUT2D eigenvalue weighted by atomic mass is 16.6. The molecule has 2 atom stereocenters. The van der Waals surface area contributed by atoms with Gasteiger partial charge in [-0.1, -0.05) is 30.3 Å². The zero-order chi connectivity index (χ0) is 20.3. The molecule has 0 radical (unpaired) electrons. The zero-order valence-electron chi connectivity index (χ0n) is 17.0. The Bertz CT molecular complexity index is 676. The van der Waals surface area contributed by atoms with E-state index in [-0.39, 0.29) is 19.1 Å². The highest BCUT2D eigenvalue weighted by Gasteiger charge is 2.44. The molecule has 1 aromatic rings. The van der Waals surface area contributed by atoms with Crippen molar-refractivity contribution in [3.05, 3.63) is 35.9 Å². The molecule has 1 aromatic carbocycles. The van der Waals surface area contributed by atoms with Crippen molar-refractivity contribution in [2.45, 2.75) is 82.6 Å². The number of likely N-dealkylation sites (tertiary alicyclic amines) is 1. The van der Waals surface area contributed by atoms with Crippen molar-refractivity contribution in [3.63, 3.8) is 0 Å². The predicted octanol–water partition coefficient (Wildman–Crippen LogP) is 3.63. The molecule has 1 N–H and O–H groups in total. The van der Waals surface area contributed by atoms with E-state index in [0.29, 0.717) is 5.92 Å². The van der Waals surface area contributed by atoms with Crippen LogP contribution in [0, 0.1) is 0 Å². The van der Waals surface area contributed by atoms with E-state index >= 15 is 0 Å². The van der Waals surface area contributed by atoms with Crippen molar-refractivity contribution >= 4 is 12.0 Å². The fourth-order valence-corrected chi connectivity index (χ4v) is 4.03. The molecule has 6 heteroatoms. The van der Waals surface area contributed by atoms with E-state index in [2.05, 4.69) is 24.3 Å². The minimum atomic E-state index is -0.916. The molecule has 1 aliphatic heterocycles. The number of hydrogen-bond donors (Lipinski definition) is 1. The van der Waals surface area contributed by atoms with Crippen LogP contribution in [0.4, 0.5) is 4.79 Å². The number of aliphatic hydroxyl groups excluding tert-OH is 1. The third-order valence-corrected chi connectivity index (χ3v) is 5.47. The number of hydrogen-bond acceptors (Lipinski definition) is 5. The van der Waals surface area contributed by atoms with E-state index in [1.165, 1.54) is 5.56 Å². The summed E-state index contributed by atoms with van der Waals surface area (Å²) in [4.78, 5) is 25.6. The zero-order valence-corrected chi connectivity index (χ0v) is 17.0. The maximum absolute atomic E-state index is 12.4. The van der Waals surface area contributed by atoms with Crippen LogP contribution in [0.5, 0.6) is 0 Å². The Labute approximate surface area is 166 Å². The molecule has 6 nitrogen and oxygen atoms in total. The van der Waals surface area contributed by atoms with Gasteiger partial charge in [0.25, 0.3) is 0 Å². The fraction of sp³-hybridized carbons (Fsp3) is 0.636. The maximum atomic E-state index is 12.4. The van der Waals surface area contributed by atoms with Crippen LogP contribution in [-0.2, 0) is 14.3 Å². The van der Waals surface area contributed by atoms with Crippen LogP contribution >= 0.6 is 0 Å². The molecule has 3 rings (SSSR count). The van der Waals surface area contributed by atoms with Gasteiger partial charge < -0.3 is 14.6 Å². The molecule has 28 heavy (non-hydrogen) atoms. The quantitative estimate of drug-likeness (QED) is 0.851. The number of benzene rings is 1. The van der Waals surface area contributed by atoms with Crippen molar-refractivity contribution in [3.8, 4) is 0 Å². The monoisotopic (exact) mass is 389 g/mol. The van der Waals surface area contributed by atoms with Crippen LogP contribution in [-0.4, -0.2) is 52.5 Å². The van der Waals surface area contributed by atoms with Gasteiger partial charge in [-0.15, -0.1) is 0 Å². The molecule has 0 unspecified atom stereocenters. The molecule has 2 aliphatic rings. The van der Waals surface area contributed by atoms with E-state index in [0.717, 1.165) is 30.6 Å². The summed E-state index contributed by atoms with van der Waals surface area (Å²) in [5, 5.41) is 10.2. The average molecular weight is 389 g/mol. The van der Waals surface area contributed by atoms with Gasteiger partial charge in [-0.05, 0) is 57.9 Å². The second-order valence-electron chi connectivity index (χ2n) is 8.80. The second kappa shape index (κ2) is 8.62. The first-order valence-electron chi connectivity index (χ1n) is 10.1. The molecule has 1 heterocycles. The van der Waals surface area contributed by atoms with Gasteiger partial charge in [0.15, 0.2) is 0 Å². The highest BCUT2D eigenvalue weighted by Crippen LogP contribution is 2.34. The molecule has 1 saturated heterocycles. The predicted molar refractivity (Wildman–Crippen MR) is 105 cm³/mol. The van der Waals surface area contributed by atoms with Crippen molar-refractivity contribution < 1.29 is 24.2 Å². The minimum Gasteiger partial charge on any atom is -0.443 e. The number of aliphatic hydroxyl groups is 1. The number of carbonyl (C=O) groups excluding carboxylic acids is 2. The van der Waals surface area contributed by atoms with Gasteiger partial charge in [0, 0.05) is 0 Å². The van der Waals surface area contributed by atoms with Gasteiger partial charge >= 0.3 is 6.09 Å². The first-order valence-corrected chi connectivity index (χ1v) is 10.1. The Morgan fingerprint density at radius 3 is 2.39 bits per heavy atom. The van der Waals surface area contributed by atoms with E-state index in [1.807, 2.05) is 6.07 Å². The van der Waals surface area contributed by atoms with E-state index in [4.69, 9.17) is 9.47 Å². The van der Waals surface area contributed by atoms with Crippen molar-refractivity contribution in [1.29, 1.82) is 0 Å². The number of imide groups is 1. The number of ether oxygens (including phenoxy) is 2. The lowest BCUT2D eigenvalue weighted by Crippen LogP contribution is -2.47. The number of nitrogens with zero attached hydrogens (tertiary/aromatic N) is 1. The van der Waals surface area contributed by atoms with Crippen LogP contribution in [0.2, 0.25) is 0 Å². The first kappa shape index (κ1) is 20.8. The molecular weight excluding hydrogens is 358 g/mol. The van der Waals surface area contributed by atoms with Crippen molar-refractivity contribution in [1.82, 2.24) is 4.90 Å². The van der Waals surface area contributed by atoms with E-state index in [1.54, 1.807) is 20.8 Å². The largest absolute Gasteiger partial charge is 0.443 e. The Kier molecular flexibility index (Phi) is 6.40. The number of carbonyl (C=O) groups is 2. The summed E-state index contributed by atoms with van der Waals surface area (Å²) >= 11 is 0. The Morgan fingerprint density at radius 2 is 1.79 bits per heavy atom. The van der Waals surface area contributed by atoms with E-state index < -0.39 is 29.7 Å². The van der Waals surface area contributed by atoms with Crippen LogP contribution in [0.1, 0.15) is 64.4 Å². The van der Waals surface area contributed by atoms with Crippen LogP contribution in [0.15, 0.2) is 30.3 Å². The average Bonchev–Trinajstić information content (AvgIpc) is 2.93. The fourth-order valence-electron chi connectivity index (χ4n) is 4.03. The number of rotatable bonds is 4. The van der Waals surface area contributed by atoms with Gasteiger partial charge in [-0.2, -0.15) is 0 Å². The van der Waals surface area contributed by atoms with Crippen LogP contribution < -0.4 is 0 Å². The lowest BCUT2D eigenvalue weighted by atomic mass is 9.83. The molecule has 0 spiro atoms. The molecule has 2 amide bonds. The Balaban J connectivity index is 1.53. The summed E-state index contributed by atoms with van der Waals surface area (Å²) in [6, 6.07) is 9.83. The standard InChI is InChI=1S/C22H31NO5/c1-22(2,3)28-21(26)23-18(19(24)13-20(23)25)14-27-17-11-9-16(10-12-17)15-7-5-4-6-8-15/h4-8,16-19,24H,9-14H2,1-3H3/t16-,17+,18-,19-/m0/s1. The Hall–Kier alpha value is -1.92. The first-order chi connectivity index (χ1) is 13.2. The lowest BCUT2D eigenvalue weighted by Gasteiger charge is -2.32. The second-order valence-corrected chi connectivity index (χ2v) is 8.80. The molecule has 154 valence electrons. The number of amides is 2. The van der Waals surface area contributed by atoms with Crippen LogP contribution in [0.3, 0.4) is 0 Å². The van der Waals surface area contributed by atoms with Crippen molar-refractivity contribution in [2.75, 3.05) is 6.61 Å². The van der Waals surface area contributed by atoms with Gasteiger partial charge in [0.2, 0.25) is 5.91 Å². The van der Waals surface area contributed by atoms with Gasteiger partial charge in [-0.3, -0.25) is 4.79 Å².